The Kier molecular flexibility index (Phi) is 7.29. The predicted molar refractivity (Wildman–Crippen MR) is 142 cm³/mol. The summed E-state index contributed by atoms with van der Waals surface area (Å²) in [5.41, 5.74) is 6.11. The molecule has 0 spiro atoms. The van der Waals surface area contributed by atoms with Crippen molar-refractivity contribution in [1.82, 2.24) is 20.2 Å². The van der Waals surface area contributed by atoms with Crippen LogP contribution in [0.25, 0.3) is 11.1 Å². The van der Waals surface area contributed by atoms with Crippen LogP contribution in [0.15, 0.2) is 48.7 Å². The summed E-state index contributed by atoms with van der Waals surface area (Å²) in [7, 11) is 0. The average molecular weight is 522 g/mol. The number of fused-ring (bicyclic) bond motifs is 1. The van der Waals surface area contributed by atoms with Crippen LogP contribution in [0.4, 0.5) is 14.5 Å². The van der Waals surface area contributed by atoms with E-state index in [-0.39, 0.29) is 37.5 Å². The van der Waals surface area contributed by atoms with E-state index in [1.54, 1.807) is 12.3 Å². The van der Waals surface area contributed by atoms with Crippen LogP contribution >= 0.6 is 0 Å². The number of alkyl halides is 2. The number of rotatable bonds is 6. The van der Waals surface area contributed by atoms with E-state index in [0.717, 1.165) is 34.6 Å². The molecule has 2 aliphatic rings. The number of pyridine rings is 1. The zero-order valence-electron chi connectivity index (χ0n) is 21.7. The first kappa shape index (κ1) is 26.0. The summed E-state index contributed by atoms with van der Waals surface area (Å²) in [6.45, 7) is 6.05. The molecule has 1 aromatic carbocycles. The molecule has 1 atom stereocenters. The van der Waals surface area contributed by atoms with Gasteiger partial charge in [0.15, 0.2) is 0 Å². The predicted octanol–water partition coefficient (Wildman–Crippen LogP) is 4.83. The molecule has 1 aliphatic carbocycles. The quantitative estimate of drug-likeness (QED) is 0.434. The van der Waals surface area contributed by atoms with E-state index in [4.69, 9.17) is 0 Å². The van der Waals surface area contributed by atoms with E-state index in [1.165, 1.54) is 0 Å². The standard InChI is InChI=1S/C29H33F2N5O2/c1-18-11-14-33-19(2)25(18)20-3-5-22(6-4-20)34-28(38)26(21-9-12-29(30,31)13-10-21)35-27(37)24-8-7-23-17-32-15-16-36(23)24/h3-8,11,14,21,26,32H,9-10,12-13,15-17H2,1-2H3,(H,34,38)(H,35,37). The minimum atomic E-state index is -2.73. The number of aryl methyl sites for hydroxylation is 2. The molecular formula is C29H33F2N5O2. The minimum absolute atomic E-state index is 0.167. The lowest BCUT2D eigenvalue weighted by Crippen LogP contribution is -2.50. The Morgan fingerprint density at radius 2 is 1.82 bits per heavy atom. The van der Waals surface area contributed by atoms with Gasteiger partial charge in [-0.1, -0.05) is 12.1 Å². The first-order valence-electron chi connectivity index (χ1n) is 13.1. The molecule has 38 heavy (non-hydrogen) atoms. The Morgan fingerprint density at radius 3 is 2.53 bits per heavy atom. The van der Waals surface area contributed by atoms with Gasteiger partial charge in [0.2, 0.25) is 11.8 Å². The van der Waals surface area contributed by atoms with Crippen molar-refractivity contribution >= 4 is 17.5 Å². The summed E-state index contributed by atoms with van der Waals surface area (Å²) in [5.74, 6) is -3.88. The fourth-order valence-corrected chi connectivity index (χ4v) is 5.61. The second kappa shape index (κ2) is 10.6. The van der Waals surface area contributed by atoms with Crippen molar-refractivity contribution < 1.29 is 18.4 Å². The first-order chi connectivity index (χ1) is 18.2. The topological polar surface area (TPSA) is 88.1 Å². The Balaban J connectivity index is 1.35. The molecule has 200 valence electrons. The van der Waals surface area contributed by atoms with Gasteiger partial charge in [-0.2, -0.15) is 0 Å². The lowest BCUT2D eigenvalue weighted by molar-refractivity contribution is -0.121. The molecule has 9 heteroatoms. The van der Waals surface area contributed by atoms with Crippen molar-refractivity contribution in [2.45, 2.75) is 64.6 Å². The largest absolute Gasteiger partial charge is 0.339 e. The summed E-state index contributed by atoms with van der Waals surface area (Å²) >= 11 is 0. The smallest absolute Gasteiger partial charge is 0.268 e. The molecule has 2 aromatic heterocycles. The number of halogens is 2. The third kappa shape index (κ3) is 5.48. The van der Waals surface area contributed by atoms with Crippen molar-refractivity contribution in [3.8, 4) is 11.1 Å². The fraction of sp³-hybridized carbons (Fsp3) is 0.414. The van der Waals surface area contributed by atoms with Gasteiger partial charge in [0.1, 0.15) is 11.7 Å². The second-order valence-corrected chi connectivity index (χ2v) is 10.3. The van der Waals surface area contributed by atoms with Crippen molar-refractivity contribution in [3.05, 3.63) is 71.3 Å². The van der Waals surface area contributed by atoms with Crippen LogP contribution in [0.5, 0.6) is 0 Å². The first-order valence-corrected chi connectivity index (χ1v) is 13.1. The van der Waals surface area contributed by atoms with Crippen LogP contribution in [-0.2, 0) is 17.9 Å². The van der Waals surface area contributed by atoms with E-state index < -0.39 is 17.9 Å². The fourth-order valence-electron chi connectivity index (χ4n) is 5.61. The summed E-state index contributed by atoms with van der Waals surface area (Å²) < 4.78 is 29.7. The maximum absolute atomic E-state index is 13.9. The monoisotopic (exact) mass is 521 g/mol. The minimum Gasteiger partial charge on any atom is -0.339 e. The molecule has 3 heterocycles. The van der Waals surface area contributed by atoms with Crippen LogP contribution in [0, 0.1) is 19.8 Å². The van der Waals surface area contributed by atoms with Gasteiger partial charge >= 0.3 is 0 Å². The van der Waals surface area contributed by atoms with Crippen molar-refractivity contribution in [2.24, 2.45) is 5.92 Å². The van der Waals surface area contributed by atoms with E-state index in [0.29, 0.717) is 24.5 Å². The van der Waals surface area contributed by atoms with Crippen LogP contribution in [0.1, 0.15) is 53.1 Å². The number of hydrogen-bond acceptors (Lipinski definition) is 4. The number of nitrogens with zero attached hydrogens (tertiary/aromatic N) is 2. The van der Waals surface area contributed by atoms with E-state index in [1.807, 2.05) is 54.8 Å². The van der Waals surface area contributed by atoms with Crippen molar-refractivity contribution in [3.63, 3.8) is 0 Å². The van der Waals surface area contributed by atoms with Crippen LogP contribution < -0.4 is 16.0 Å². The van der Waals surface area contributed by atoms with Crippen LogP contribution in [-0.4, -0.2) is 39.9 Å². The van der Waals surface area contributed by atoms with Gasteiger partial charge in [-0.25, -0.2) is 8.78 Å². The van der Waals surface area contributed by atoms with E-state index in [9.17, 15) is 18.4 Å². The molecule has 1 fully saturated rings. The number of amides is 2. The number of benzene rings is 1. The van der Waals surface area contributed by atoms with Crippen LogP contribution in [0.2, 0.25) is 0 Å². The van der Waals surface area contributed by atoms with Gasteiger partial charge in [0.05, 0.1) is 0 Å². The second-order valence-electron chi connectivity index (χ2n) is 10.3. The Hall–Kier alpha value is -3.59. The summed E-state index contributed by atoms with van der Waals surface area (Å²) in [6.07, 6.45) is 1.53. The summed E-state index contributed by atoms with van der Waals surface area (Å²) in [6, 6.07) is 12.1. The van der Waals surface area contributed by atoms with Gasteiger partial charge in [0.25, 0.3) is 5.91 Å². The zero-order chi connectivity index (χ0) is 26.9. The zero-order valence-corrected chi connectivity index (χ0v) is 21.7. The van der Waals surface area contributed by atoms with Gasteiger partial charge in [0, 0.05) is 61.3 Å². The molecule has 1 aliphatic heterocycles. The average Bonchev–Trinajstić information content (AvgIpc) is 3.33. The Morgan fingerprint density at radius 1 is 1.08 bits per heavy atom. The Bertz CT molecular complexity index is 1300. The molecular weight excluding hydrogens is 488 g/mol. The number of carbonyl (C=O) groups is 2. The van der Waals surface area contributed by atoms with Gasteiger partial charge in [-0.15, -0.1) is 0 Å². The lowest BCUT2D eigenvalue weighted by atomic mass is 9.81. The molecule has 1 unspecified atom stereocenters. The number of hydrogen-bond donors (Lipinski definition) is 3. The molecule has 0 saturated heterocycles. The molecule has 0 radical (unpaired) electrons. The normalized spacial score (nSPS) is 17.9. The molecule has 0 bridgehead atoms. The number of nitrogens with one attached hydrogen (secondary N) is 3. The third-order valence-corrected chi connectivity index (χ3v) is 7.71. The molecule has 5 rings (SSSR count). The van der Waals surface area contributed by atoms with E-state index in [2.05, 4.69) is 20.9 Å². The maximum atomic E-state index is 13.9. The summed E-state index contributed by atoms with van der Waals surface area (Å²) in [5, 5.41) is 9.07. The highest BCUT2D eigenvalue weighted by Gasteiger charge is 2.40. The van der Waals surface area contributed by atoms with E-state index >= 15 is 0 Å². The Labute approximate surface area is 221 Å². The number of aromatic nitrogens is 2. The molecule has 3 aromatic rings. The molecule has 1 saturated carbocycles. The third-order valence-electron chi connectivity index (χ3n) is 7.71. The van der Waals surface area contributed by atoms with Gasteiger partial charge in [-0.3, -0.25) is 14.6 Å². The number of carbonyl (C=O) groups excluding carboxylic acids is 2. The highest BCUT2D eigenvalue weighted by molar-refractivity contribution is 6.01. The lowest BCUT2D eigenvalue weighted by Gasteiger charge is -2.33. The van der Waals surface area contributed by atoms with Gasteiger partial charge in [-0.05, 0) is 74.1 Å². The maximum Gasteiger partial charge on any atom is 0.268 e. The number of anilines is 1. The SMILES string of the molecule is Cc1ccnc(C)c1-c1ccc(NC(=O)C(NC(=O)c2ccc3n2CCNC3)C2CCC(F)(F)CC2)cc1. The van der Waals surface area contributed by atoms with Gasteiger partial charge < -0.3 is 20.5 Å². The molecule has 3 N–H and O–H groups in total. The van der Waals surface area contributed by atoms with Crippen molar-refractivity contribution in [1.29, 1.82) is 0 Å². The van der Waals surface area contributed by atoms with Crippen LogP contribution in [0.3, 0.4) is 0 Å². The molecule has 2 amide bonds. The highest BCUT2D eigenvalue weighted by Crippen LogP contribution is 2.38. The highest BCUT2D eigenvalue weighted by atomic mass is 19.3. The molecule has 7 nitrogen and oxygen atoms in total. The van der Waals surface area contributed by atoms with Crippen molar-refractivity contribution in [2.75, 3.05) is 11.9 Å². The summed E-state index contributed by atoms with van der Waals surface area (Å²) in [4.78, 5) is 31.2.